The zero-order valence-corrected chi connectivity index (χ0v) is 12.3. The van der Waals surface area contributed by atoms with Crippen molar-refractivity contribution in [1.82, 2.24) is 4.90 Å². The molecule has 0 atom stereocenters. The molecule has 0 bridgehead atoms. The molecule has 1 fully saturated rings. The molecule has 0 aromatic heterocycles. The van der Waals surface area contributed by atoms with Crippen LogP contribution in [0, 0.1) is 0 Å². The smallest absolute Gasteiger partial charge is 0.0552 e. The molecule has 2 aromatic rings. The summed E-state index contributed by atoms with van der Waals surface area (Å²) in [5.74, 6) is 0. The number of hydrogen-bond donors (Lipinski definition) is 0. The quantitative estimate of drug-likeness (QED) is 0.783. The van der Waals surface area contributed by atoms with Crippen LogP contribution in [0.25, 0.3) is 0 Å². The Morgan fingerprint density at radius 1 is 0.800 bits per heavy atom. The third kappa shape index (κ3) is 2.32. The Kier molecular flexibility index (Phi) is 3.17. The maximum atomic E-state index is 2.50. The Bertz CT molecular complexity index is 576. The topological polar surface area (TPSA) is 6.25 Å². The average Bonchev–Trinajstić information content (AvgIpc) is 3.31. The molecule has 2 heterocycles. The number of rotatable bonds is 4. The van der Waals surface area contributed by atoms with Gasteiger partial charge in [0.2, 0.25) is 0 Å². The Labute approximate surface area is 124 Å². The van der Waals surface area contributed by atoms with Crippen LogP contribution in [-0.4, -0.2) is 31.1 Å². The summed E-state index contributed by atoms with van der Waals surface area (Å²) in [6, 6.07) is 17.5. The van der Waals surface area contributed by atoms with Gasteiger partial charge in [-0.25, -0.2) is 0 Å². The maximum Gasteiger partial charge on any atom is 0.0552 e. The van der Waals surface area contributed by atoms with Gasteiger partial charge in [-0.3, -0.25) is 0 Å². The van der Waals surface area contributed by atoms with Crippen molar-refractivity contribution in [1.29, 1.82) is 0 Å². The molecular formula is C17H18N2S. The van der Waals surface area contributed by atoms with Crippen LogP contribution < -0.4 is 4.90 Å². The maximum absolute atomic E-state index is 2.50. The zero-order valence-electron chi connectivity index (χ0n) is 11.5. The number of fused-ring (bicyclic) bond motifs is 2. The van der Waals surface area contributed by atoms with Gasteiger partial charge in [0.1, 0.15) is 0 Å². The summed E-state index contributed by atoms with van der Waals surface area (Å²) in [6.45, 7) is 4.92. The van der Waals surface area contributed by atoms with Crippen LogP contribution in [0.2, 0.25) is 0 Å². The van der Waals surface area contributed by atoms with E-state index >= 15 is 0 Å². The number of benzene rings is 2. The van der Waals surface area contributed by atoms with Crippen molar-refractivity contribution in [3.63, 3.8) is 0 Å². The summed E-state index contributed by atoms with van der Waals surface area (Å²) in [7, 11) is 0. The van der Waals surface area contributed by atoms with Crippen LogP contribution in [-0.2, 0) is 0 Å². The van der Waals surface area contributed by atoms with Crippen LogP contribution >= 0.6 is 11.8 Å². The predicted octanol–water partition coefficient (Wildman–Crippen LogP) is 4.00. The summed E-state index contributed by atoms with van der Waals surface area (Å²) in [6.07, 6.45) is 1.23. The van der Waals surface area contributed by atoms with Crippen LogP contribution in [0.3, 0.4) is 0 Å². The molecule has 4 rings (SSSR count). The molecule has 1 saturated heterocycles. The van der Waals surface area contributed by atoms with Crippen LogP contribution in [0.4, 0.5) is 11.4 Å². The van der Waals surface area contributed by atoms with Gasteiger partial charge in [0, 0.05) is 29.4 Å². The van der Waals surface area contributed by atoms with E-state index < -0.39 is 0 Å². The monoisotopic (exact) mass is 282 g/mol. The largest absolute Gasteiger partial charge is 0.340 e. The second-order valence-corrected chi connectivity index (χ2v) is 6.47. The molecule has 0 unspecified atom stereocenters. The van der Waals surface area contributed by atoms with E-state index in [0.29, 0.717) is 0 Å². The molecule has 0 N–H and O–H groups in total. The molecule has 0 aliphatic carbocycles. The van der Waals surface area contributed by atoms with E-state index in [0.717, 1.165) is 6.54 Å². The second-order valence-electron chi connectivity index (χ2n) is 5.38. The highest BCUT2D eigenvalue weighted by molar-refractivity contribution is 7.99. The summed E-state index contributed by atoms with van der Waals surface area (Å²) >= 11 is 1.89. The number of nitrogens with zero attached hydrogens (tertiary/aromatic N) is 2. The van der Waals surface area contributed by atoms with E-state index in [1.54, 1.807) is 0 Å². The first-order chi connectivity index (χ1) is 9.92. The van der Waals surface area contributed by atoms with E-state index in [2.05, 4.69) is 58.3 Å². The van der Waals surface area contributed by atoms with Gasteiger partial charge in [0.25, 0.3) is 0 Å². The zero-order chi connectivity index (χ0) is 13.4. The first kappa shape index (κ1) is 12.3. The Morgan fingerprint density at radius 2 is 1.40 bits per heavy atom. The number of para-hydroxylation sites is 2. The van der Waals surface area contributed by atoms with E-state index in [9.17, 15) is 0 Å². The normalized spacial score (nSPS) is 16.7. The third-order valence-electron chi connectivity index (χ3n) is 3.93. The first-order valence-corrected chi connectivity index (χ1v) is 8.09. The molecule has 0 radical (unpaired) electrons. The lowest BCUT2D eigenvalue weighted by Gasteiger charge is -2.32. The fourth-order valence-electron chi connectivity index (χ4n) is 2.77. The molecule has 102 valence electrons. The molecule has 2 aliphatic heterocycles. The minimum atomic E-state index is 1.10. The molecule has 2 nitrogen and oxygen atoms in total. The first-order valence-electron chi connectivity index (χ1n) is 7.28. The van der Waals surface area contributed by atoms with Gasteiger partial charge in [0.05, 0.1) is 11.4 Å². The molecule has 0 amide bonds. The van der Waals surface area contributed by atoms with Gasteiger partial charge in [0.15, 0.2) is 0 Å². The lowest BCUT2D eigenvalue weighted by Crippen LogP contribution is -2.23. The van der Waals surface area contributed by atoms with Crippen molar-refractivity contribution in [2.75, 3.05) is 31.1 Å². The van der Waals surface area contributed by atoms with Crippen molar-refractivity contribution < 1.29 is 0 Å². The van der Waals surface area contributed by atoms with Gasteiger partial charge in [-0.2, -0.15) is 0 Å². The summed E-state index contributed by atoms with van der Waals surface area (Å²) in [5.41, 5.74) is 2.73. The molecule has 2 aliphatic rings. The molecular weight excluding hydrogens is 264 g/mol. The van der Waals surface area contributed by atoms with E-state index in [1.165, 1.54) is 47.2 Å². The van der Waals surface area contributed by atoms with Gasteiger partial charge >= 0.3 is 0 Å². The number of anilines is 2. The van der Waals surface area contributed by atoms with Gasteiger partial charge in [-0.1, -0.05) is 36.0 Å². The standard InChI is InChI=1S/C17H18N2S/c1-3-8-16-14(6-1)19(11-5-10-18-12-13-18)15-7-2-4-9-17(15)20-16/h1-4,6-9H,5,10-13H2. The Balaban J connectivity index is 1.64. The van der Waals surface area contributed by atoms with Gasteiger partial charge in [-0.05, 0) is 37.2 Å². The fourth-order valence-corrected chi connectivity index (χ4v) is 3.86. The van der Waals surface area contributed by atoms with Crippen LogP contribution in [0.1, 0.15) is 6.42 Å². The lowest BCUT2D eigenvalue weighted by atomic mass is 10.2. The summed E-state index contributed by atoms with van der Waals surface area (Å²) in [4.78, 5) is 7.73. The van der Waals surface area contributed by atoms with E-state index in [-0.39, 0.29) is 0 Å². The Morgan fingerprint density at radius 3 is 2.00 bits per heavy atom. The fraction of sp³-hybridized carbons (Fsp3) is 0.294. The predicted molar refractivity (Wildman–Crippen MR) is 85.1 cm³/mol. The van der Waals surface area contributed by atoms with Crippen molar-refractivity contribution in [2.24, 2.45) is 0 Å². The van der Waals surface area contributed by atoms with Crippen LogP contribution in [0.15, 0.2) is 58.3 Å². The lowest BCUT2D eigenvalue weighted by molar-refractivity contribution is 0.537. The average molecular weight is 282 g/mol. The SMILES string of the molecule is c1ccc2c(c1)Sc1ccccc1N2CCCN1CC1. The van der Waals surface area contributed by atoms with Gasteiger partial charge < -0.3 is 9.80 Å². The minimum Gasteiger partial charge on any atom is -0.340 e. The van der Waals surface area contributed by atoms with Crippen molar-refractivity contribution in [2.45, 2.75) is 16.2 Å². The molecule has 3 heteroatoms. The minimum absolute atomic E-state index is 1.10. The molecule has 2 aromatic carbocycles. The summed E-state index contributed by atoms with van der Waals surface area (Å²) < 4.78 is 0. The molecule has 0 saturated carbocycles. The van der Waals surface area contributed by atoms with Crippen molar-refractivity contribution in [3.05, 3.63) is 48.5 Å². The highest BCUT2D eigenvalue weighted by Crippen LogP contribution is 2.47. The van der Waals surface area contributed by atoms with E-state index in [1.807, 2.05) is 11.8 Å². The van der Waals surface area contributed by atoms with Crippen LogP contribution in [0.5, 0.6) is 0 Å². The molecule has 20 heavy (non-hydrogen) atoms. The summed E-state index contributed by atoms with van der Waals surface area (Å²) in [5, 5.41) is 0. The second kappa shape index (κ2) is 5.15. The highest BCUT2D eigenvalue weighted by atomic mass is 32.2. The molecule has 0 spiro atoms. The third-order valence-corrected chi connectivity index (χ3v) is 5.06. The van der Waals surface area contributed by atoms with Crippen molar-refractivity contribution >= 4 is 23.1 Å². The van der Waals surface area contributed by atoms with E-state index in [4.69, 9.17) is 0 Å². The Hall–Kier alpha value is -1.45. The van der Waals surface area contributed by atoms with Gasteiger partial charge in [-0.15, -0.1) is 0 Å². The number of hydrogen-bond acceptors (Lipinski definition) is 3. The highest BCUT2D eigenvalue weighted by Gasteiger charge is 2.23. The van der Waals surface area contributed by atoms with Crippen molar-refractivity contribution in [3.8, 4) is 0 Å².